The van der Waals surface area contributed by atoms with Crippen LogP contribution in [0.15, 0.2) is 36.7 Å². The Bertz CT molecular complexity index is 794. The van der Waals surface area contributed by atoms with E-state index in [0.29, 0.717) is 10.9 Å². The second-order valence-corrected chi connectivity index (χ2v) is 7.53. The van der Waals surface area contributed by atoms with Crippen molar-refractivity contribution in [2.75, 3.05) is 0 Å². The van der Waals surface area contributed by atoms with Gasteiger partial charge in [-0.2, -0.15) is 0 Å². The van der Waals surface area contributed by atoms with Crippen LogP contribution in [0.25, 0.3) is 9.88 Å². The number of ether oxygens (including phenoxy) is 2. The van der Waals surface area contributed by atoms with Gasteiger partial charge in [0.25, 0.3) is 5.19 Å². The molecule has 2 aromatic heterocycles. The predicted octanol–water partition coefficient (Wildman–Crippen LogP) is 4.90. The molecule has 0 aliphatic heterocycles. The molecule has 1 atom stereocenters. The van der Waals surface area contributed by atoms with Crippen LogP contribution in [0.4, 0.5) is 0 Å². The summed E-state index contributed by atoms with van der Waals surface area (Å²) in [6.07, 6.45) is 3.06. The Morgan fingerprint density at radius 1 is 0.958 bits per heavy atom. The van der Waals surface area contributed by atoms with Crippen molar-refractivity contribution in [1.29, 1.82) is 0 Å². The van der Waals surface area contributed by atoms with Gasteiger partial charge in [-0.15, -0.1) is 11.3 Å². The van der Waals surface area contributed by atoms with E-state index in [1.807, 2.05) is 38.1 Å². The van der Waals surface area contributed by atoms with Crippen LogP contribution >= 0.6 is 22.7 Å². The zero-order chi connectivity index (χ0) is 17.1. The summed E-state index contributed by atoms with van der Waals surface area (Å²) in [4.78, 5) is 10.4. The SMILES string of the molecule is CC(C)Oc1ccc(Oc2ncc(-c3ncc(C(C)O)s3)s2)cc1. The molecular formula is C17H18N2O3S2. The number of hydrogen-bond acceptors (Lipinski definition) is 7. The molecule has 1 N–H and O–H groups in total. The maximum atomic E-state index is 9.58. The summed E-state index contributed by atoms with van der Waals surface area (Å²) in [5.41, 5.74) is 0. The van der Waals surface area contributed by atoms with Crippen molar-refractivity contribution in [3.05, 3.63) is 41.5 Å². The Kier molecular flexibility index (Phi) is 5.13. The van der Waals surface area contributed by atoms with Gasteiger partial charge < -0.3 is 14.6 Å². The lowest BCUT2D eigenvalue weighted by Crippen LogP contribution is -2.05. The minimum atomic E-state index is -0.508. The standard InChI is InChI=1S/C17H18N2O3S2/c1-10(2)21-12-4-6-13(7-5-12)22-17-19-9-15(24-17)16-18-8-14(23-16)11(3)20/h4-11,20H,1-3H3. The van der Waals surface area contributed by atoms with E-state index in [4.69, 9.17) is 9.47 Å². The van der Waals surface area contributed by atoms with Gasteiger partial charge in [0.2, 0.25) is 0 Å². The summed E-state index contributed by atoms with van der Waals surface area (Å²) < 4.78 is 11.4. The lowest BCUT2D eigenvalue weighted by atomic mass is 10.3. The smallest absolute Gasteiger partial charge is 0.279 e. The molecule has 1 unspecified atom stereocenters. The molecule has 3 rings (SSSR count). The number of aromatic nitrogens is 2. The Morgan fingerprint density at radius 3 is 2.29 bits per heavy atom. The maximum absolute atomic E-state index is 9.58. The van der Waals surface area contributed by atoms with Gasteiger partial charge in [-0.25, -0.2) is 9.97 Å². The minimum absolute atomic E-state index is 0.142. The van der Waals surface area contributed by atoms with Crippen molar-refractivity contribution in [3.63, 3.8) is 0 Å². The van der Waals surface area contributed by atoms with Crippen molar-refractivity contribution < 1.29 is 14.6 Å². The van der Waals surface area contributed by atoms with Crippen LogP contribution in [-0.2, 0) is 0 Å². The van der Waals surface area contributed by atoms with Crippen LogP contribution in [0.2, 0.25) is 0 Å². The van der Waals surface area contributed by atoms with E-state index in [0.717, 1.165) is 20.5 Å². The average molecular weight is 362 g/mol. The van der Waals surface area contributed by atoms with E-state index in [-0.39, 0.29) is 6.10 Å². The maximum Gasteiger partial charge on any atom is 0.279 e. The zero-order valence-electron chi connectivity index (χ0n) is 13.6. The minimum Gasteiger partial charge on any atom is -0.491 e. The first-order valence-corrected chi connectivity index (χ1v) is 9.19. The normalized spacial score (nSPS) is 12.4. The highest BCUT2D eigenvalue weighted by molar-refractivity contribution is 7.22. The molecule has 5 nitrogen and oxygen atoms in total. The number of aliphatic hydroxyl groups excluding tert-OH is 1. The summed E-state index contributed by atoms with van der Waals surface area (Å²) in [6.45, 7) is 5.71. The number of hydrogen-bond donors (Lipinski definition) is 1. The molecule has 0 saturated heterocycles. The number of thiazole rings is 2. The van der Waals surface area contributed by atoms with Crippen molar-refractivity contribution in [1.82, 2.24) is 9.97 Å². The van der Waals surface area contributed by atoms with Crippen LogP contribution in [0.1, 0.15) is 31.8 Å². The largest absolute Gasteiger partial charge is 0.491 e. The van der Waals surface area contributed by atoms with Gasteiger partial charge in [0.05, 0.1) is 28.2 Å². The second kappa shape index (κ2) is 7.29. The summed E-state index contributed by atoms with van der Waals surface area (Å²) in [6, 6.07) is 7.46. The quantitative estimate of drug-likeness (QED) is 0.676. The highest BCUT2D eigenvalue weighted by Gasteiger charge is 2.12. The van der Waals surface area contributed by atoms with Crippen molar-refractivity contribution >= 4 is 22.7 Å². The molecule has 2 heterocycles. The van der Waals surface area contributed by atoms with Crippen LogP contribution in [-0.4, -0.2) is 21.2 Å². The fourth-order valence-corrected chi connectivity index (χ4v) is 3.64. The van der Waals surface area contributed by atoms with E-state index >= 15 is 0 Å². The molecular weight excluding hydrogens is 344 g/mol. The molecule has 3 aromatic rings. The van der Waals surface area contributed by atoms with Gasteiger partial charge >= 0.3 is 0 Å². The van der Waals surface area contributed by atoms with Gasteiger partial charge in [-0.1, -0.05) is 11.3 Å². The van der Waals surface area contributed by atoms with Gasteiger partial charge in [0.15, 0.2) is 0 Å². The summed E-state index contributed by atoms with van der Waals surface area (Å²) in [7, 11) is 0. The third-order valence-corrected chi connectivity index (χ3v) is 5.24. The van der Waals surface area contributed by atoms with E-state index in [1.54, 1.807) is 19.3 Å². The number of nitrogens with zero attached hydrogens (tertiary/aromatic N) is 2. The molecule has 0 bridgehead atoms. The molecule has 7 heteroatoms. The lowest BCUT2D eigenvalue weighted by molar-refractivity contribution is 0.203. The van der Waals surface area contributed by atoms with E-state index in [9.17, 15) is 5.11 Å². The Hall–Kier alpha value is -1.96. The molecule has 126 valence electrons. The van der Waals surface area contributed by atoms with Crippen molar-refractivity contribution in [3.8, 4) is 26.6 Å². The first kappa shape index (κ1) is 16.9. The third-order valence-electron chi connectivity index (χ3n) is 3.03. The number of benzene rings is 1. The first-order valence-electron chi connectivity index (χ1n) is 7.56. The second-order valence-electron chi connectivity index (χ2n) is 5.47. The van der Waals surface area contributed by atoms with Crippen LogP contribution in [0.3, 0.4) is 0 Å². The van der Waals surface area contributed by atoms with Crippen LogP contribution < -0.4 is 9.47 Å². The first-order chi connectivity index (χ1) is 11.5. The zero-order valence-corrected chi connectivity index (χ0v) is 15.2. The van der Waals surface area contributed by atoms with Crippen molar-refractivity contribution in [2.45, 2.75) is 33.0 Å². The molecule has 0 aliphatic carbocycles. The van der Waals surface area contributed by atoms with Gasteiger partial charge in [0.1, 0.15) is 16.5 Å². The lowest BCUT2D eigenvalue weighted by Gasteiger charge is -2.09. The van der Waals surface area contributed by atoms with Crippen LogP contribution in [0.5, 0.6) is 16.7 Å². The molecule has 24 heavy (non-hydrogen) atoms. The summed E-state index contributed by atoms with van der Waals surface area (Å²) >= 11 is 2.88. The highest BCUT2D eigenvalue weighted by Crippen LogP contribution is 2.36. The number of rotatable bonds is 6. The molecule has 0 amide bonds. The topological polar surface area (TPSA) is 64.5 Å². The Labute approximate surface area is 148 Å². The molecule has 0 aliphatic rings. The molecule has 0 fully saturated rings. The van der Waals surface area contributed by atoms with E-state index < -0.39 is 6.10 Å². The van der Waals surface area contributed by atoms with Gasteiger partial charge in [-0.05, 0) is 45.0 Å². The van der Waals surface area contributed by atoms with E-state index in [1.165, 1.54) is 22.7 Å². The molecule has 0 radical (unpaired) electrons. The molecule has 1 aromatic carbocycles. The fourth-order valence-electron chi connectivity index (χ4n) is 1.96. The number of aliphatic hydroxyl groups is 1. The van der Waals surface area contributed by atoms with Crippen LogP contribution in [0, 0.1) is 0 Å². The summed E-state index contributed by atoms with van der Waals surface area (Å²) in [5.74, 6) is 1.52. The Balaban J connectivity index is 1.69. The van der Waals surface area contributed by atoms with Gasteiger partial charge in [-0.3, -0.25) is 0 Å². The van der Waals surface area contributed by atoms with Gasteiger partial charge in [0, 0.05) is 6.20 Å². The van der Waals surface area contributed by atoms with E-state index in [2.05, 4.69) is 9.97 Å². The monoisotopic (exact) mass is 362 g/mol. The summed E-state index contributed by atoms with van der Waals surface area (Å²) in [5, 5.41) is 11.0. The third kappa shape index (κ3) is 4.11. The Morgan fingerprint density at radius 2 is 1.67 bits per heavy atom. The predicted molar refractivity (Wildman–Crippen MR) is 96.1 cm³/mol. The molecule has 0 saturated carbocycles. The highest BCUT2D eigenvalue weighted by atomic mass is 32.1. The molecule has 0 spiro atoms. The average Bonchev–Trinajstić information content (AvgIpc) is 3.17. The fraction of sp³-hybridized carbons (Fsp3) is 0.294. The van der Waals surface area contributed by atoms with Crippen molar-refractivity contribution in [2.24, 2.45) is 0 Å².